The Morgan fingerprint density at radius 1 is 1.11 bits per heavy atom. The summed E-state index contributed by atoms with van der Waals surface area (Å²) in [6, 6.07) is 15.3. The summed E-state index contributed by atoms with van der Waals surface area (Å²) in [6.07, 6.45) is 0. The molecule has 3 rings (SSSR count). The summed E-state index contributed by atoms with van der Waals surface area (Å²) >= 11 is 0. The van der Waals surface area contributed by atoms with Crippen LogP contribution in [0.5, 0.6) is 5.75 Å². The maximum atomic E-state index is 12.7. The summed E-state index contributed by atoms with van der Waals surface area (Å²) in [5.41, 5.74) is 1.81. The standard InChI is InChI=1S/C16H15NO2/c1-16(11-6-4-3-5-7-11)15(18)13-10-12(19-2)8-9-14(13)17-16/h3-10,17H,1-2H3. The van der Waals surface area contributed by atoms with Crippen molar-refractivity contribution >= 4 is 11.5 Å². The van der Waals surface area contributed by atoms with Crippen LogP contribution in [0, 0.1) is 0 Å². The fraction of sp³-hybridized carbons (Fsp3) is 0.188. The Balaban J connectivity index is 2.08. The molecule has 2 aromatic carbocycles. The highest BCUT2D eigenvalue weighted by Gasteiger charge is 2.42. The quantitative estimate of drug-likeness (QED) is 0.893. The predicted octanol–water partition coefficient (Wildman–Crippen LogP) is 3.22. The average molecular weight is 253 g/mol. The van der Waals surface area contributed by atoms with Gasteiger partial charge in [-0.25, -0.2) is 0 Å². The Hall–Kier alpha value is -2.29. The lowest BCUT2D eigenvalue weighted by Crippen LogP contribution is -2.34. The number of fused-ring (bicyclic) bond motifs is 1. The molecule has 19 heavy (non-hydrogen) atoms. The van der Waals surface area contributed by atoms with Gasteiger partial charge in [0.05, 0.1) is 7.11 Å². The van der Waals surface area contributed by atoms with Crippen molar-refractivity contribution in [2.75, 3.05) is 12.4 Å². The second kappa shape index (κ2) is 4.12. The monoisotopic (exact) mass is 253 g/mol. The second-order valence-electron chi connectivity index (χ2n) is 4.86. The summed E-state index contributed by atoms with van der Waals surface area (Å²) in [4.78, 5) is 12.7. The summed E-state index contributed by atoms with van der Waals surface area (Å²) in [6.45, 7) is 1.91. The topological polar surface area (TPSA) is 38.3 Å². The first-order valence-corrected chi connectivity index (χ1v) is 6.22. The molecule has 96 valence electrons. The number of Topliss-reactive ketones (excluding diaryl/α,β-unsaturated/α-hetero) is 1. The fourth-order valence-corrected chi connectivity index (χ4v) is 2.52. The van der Waals surface area contributed by atoms with E-state index in [1.165, 1.54) is 0 Å². The van der Waals surface area contributed by atoms with Crippen LogP contribution >= 0.6 is 0 Å². The third kappa shape index (κ3) is 1.70. The highest BCUT2D eigenvalue weighted by molar-refractivity contribution is 6.13. The molecule has 0 spiro atoms. The third-order valence-corrected chi connectivity index (χ3v) is 3.66. The van der Waals surface area contributed by atoms with Crippen molar-refractivity contribution < 1.29 is 9.53 Å². The largest absolute Gasteiger partial charge is 0.497 e. The zero-order valence-electron chi connectivity index (χ0n) is 10.9. The molecule has 1 aliphatic rings. The molecule has 1 atom stereocenters. The molecule has 0 fully saturated rings. The van der Waals surface area contributed by atoms with Crippen LogP contribution in [-0.4, -0.2) is 12.9 Å². The number of carbonyl (C=O) groups excluding carboxylic acids is 1. The number of ether oxygens (including phenoxy) is 1. The fourth-order valence-electron chi connectivity index (χ4n) is 2.52. The van der Waals surface area contributed by atoms with Crippen molar-refractivity contribution in [3.05, 3.63) is 59.7 Å². The molecule has 3 nitrogen and oxygen atoms in total. The van der Waals surface area contributed by atoms with Crippen molar-refractivity contribution in [2.45, 2.75) is 12.5 Å². The summed E-state index contributed by atoms with van der Waals surface area (Å²) in [7, 11) is 1.60. The molecular weight excluding hydrogens is 238 g/mol. The van der Waals surface area contributed by atoms with E-state index in [0.717, 1.165) is 11.3 Å². The van der Waals surface area contributed by atoms with Crippen molar-refractivity contribution in [3.63, 3.8) is 0 Å². The van der Waals surface area contributed by atoms with Crippen LogP contribution in [0.25, 0.3) is 0 Å². The lowest BCUT2D eigenvalue weighted by molar-refractivity contribution is 0.0928. The molecule has 1 N–H and O–H groups in total. The van der Waals surface area contributed by atoms with Crippen molar-refractivity contribution in [2.24, 2.45) is 0 Å². The van der Waals surface area contributed by atoms with Gasteiger partial charge in [-0.3, -0.25) is 4.79 Å². The van der Waals surface area contributed by atoms with E-state index in [4.69, 9.17) is 4.74 Å². The van der Waals surface area contributed by atoms with E-state index in [0.29, 0.717) is 11.3 Å². The molecule has 1 aliphatic heterocycles. The van der Waals surface area contributed by atoms with Gasteiger partial charge in [0.15, 0.2) is 5.78 Å². The number of benzene rings is 2. The Bertz CT molecular complexity index is 636. The molecule has 0 aromatic heterocycles. The molecule has 0 radical (unpaired) electrons. The van der Waals surface area contributed by atoms with E-state index >= 15 is 0 Å². The number of carbonyl (C=O) groups is 1. The molecular formula is C16H15NO2. The first kappa shape index (κ1) is 11.8. The zero-order valence-corrected chi connectivity index (χ0v) is 10.9. The Morgan fingerprint density at radius 2 is 1.84 bits per heavy atom. The molecule has 1 unspecified atom stereocenters. The Labute approximate surface area is 112 Å². The number of nitrogens with one attached hydrogen (secondary N) is 1. The van der Waals surface area contributed by atoms with Gasteiger partial charge in [0, 0.05) is 11.3 Å². The summed E-state index contributed by atoms with van der Waals surface area (Å²) in [5.74, 6) is 0.777. The maximum Gasteiger partial charge on any atom is 0.194 e. The molecule has 0 bridgehead atoms. The van der Waals surface area contributed by atoms with Crippen LogP contribution in [0.2, 0.25) is 0 Å². The van der Waals surface area contributed by atoms with Gasteiger partial charge in [-0.05, 0) is 30.7 Å². The molecule has 1 heterocycles. The highest BCUT2D eigenvalue weighted by atomic mass is 16.5. The number of hydrogen-bond donors (Lipinski definition) is 1. The highest BCUT2D eigenvalue weighted by Crippen LogP contribution is 2.40. The van der Waals surface area contributed by atoms with Crippen LogP contribution in [0.1, 0.15) is 22.8 Å². The lowest BCUT2D eigenvalue weighted by atomic mass is 9.88. The van der Waals surface area contributed by atoms with E-state index in [2.05, 4.69) is 5.32 Å². The van der Waals surface area contributed by atoms with Crippen LogP contribution in [-0.2, 0) is 5.54 Å². The Morgan fingerprint density at radius 3 is 2.53 bits per heavy atom. The van der Waals surface area contributed by atoms with Crippen molar-refractivity contribution in [1.82, 2.24) is 0 Å². The van der Waals surface area contributed by atoms with E-state index in [1.807, 2.05) is 49.4 Å². The van der Waals surface area contributed by atoms with Crippen LogP contribution in [0.4, 0.5) is 5.69 Å². The van der Waals surface area contributed by atoms with E-state index in [-0.39, 0.29) is 5.78 Å². The SMILES string of the molecule is COc1ccc2c(c1)C(=O)C(C)(c1ccccc1)N2. The minimum atomic E-state index is -0.698. The normalized spacial score (nSPS) is 20.8. The van der Waals surface area contributed by atoms with Crippen LogP contribution in [0.3, 0.4) is 0 Å². The first-order chi connectivity index (χ1) is 9.15. The summed E-state index contributed by atoms with van der Waals surface area (Å²) < 4.78 is 5.18. The van der Waals surface area contributed by atoms with Crippen molar-refractivity contribution in [1.29, 1.82) is 0 Å². The molecule has 0 amide bonds. The first-order valence-electron chi connectivity index (χ1n) is 6.22. The van der Waals surface area contributed by atoms with Gasteiger partial charge in [-0.15, -0.1) is 0 Å². The van der Waals surface area contributed by atoms with E-state index < -0.39 is 5.54 Å². The molecule has 0 aliphatic carbocycles. The van der Waals surface area contributed by atoms with Gasteiger partial charge in [0.1, 0.15) is 11.3 Å². The number of hydrogen-bond acceptors (Lipinski definition) is 3. The second-order valence-corrected chi connectivity index (χ2v) is 4.86. The third-order valence-electron chi connectivity index (χ3n) is 3.66. The van der Waals surface area contributed by atoms with Gasteiger partial charge in [0.25, 0.3) is 0 Å². The minimum absolute atomic E-state index is 0.0765. The van der Waals surface area contributed by atoms with Crippen LogP contribution < -0.4 is 10.1 Å². The van der Waals surface area contributed by atoms with E-state index in [9.17, 15) is 4.79 Å². The average Bonchev–Trinajstić information content (AvgIpc) is 2.72. The van der Waals surface area contributed by atoms with Crippen molar-refractivity contribution in [3.8, 4) is 5.75 Å². The number of methoxy groups -OCH3 is 1. The molecule has 0 saturated carbocycles. The predicted molar refractivity (Wildman–Crippen MR) is 74.7 cm³/mol. The Kier molecular flexibility index (Phi) is 2.56. The van der Waals surface area contributed by atoms with Gasteiger partial charge < -0.3 is 10.1 Å². The number of anilines is 1. The minimum Gasteiger partial charge on any atom is -0.497 e. The maximum absolute atomic E-state index is 12.7. The van der Waals surface area contributed by atoms with E-state index in [1.54, 1.807) is 13.2 Å². The van der Waals surface area contributed by atoms with Gasteiger partial charge in [-0.1, -0.05) is 30.3 Å². The number of ketones is 1. The van der Waals surface area contributed by atoms with Gasteiger partial charge in [-0.2, -0.15) is 0 Å². The molecule has 2 aromatic rings. The van der Waals surface area contributed by atoms with Gasteiger partial charge >= 0.3 is 0 Å². The zero-order chi connectivity index (χ0) is 13.5. The smallest absolute Gasteiger partial charge is 0.194 e. The number of rotatable bonds is 2. The lowest BCUT2D eigenvalue weighted by Gasteiger charge is -2.23. The molecule has 0 saturated heterocycles. The summed E-state index contributed by atoms with van der Waals surface area (Å²) in [5, 5.41) is 3.32. The van der Waals surface area contributed by atoms with Gasteiger partial charge in [0.2, 0.25) is 0 Å². The van der Waals surface area contributed by atoms with Crippen LogP contribution in [0.15, 0.2) is 48.5 Å². The molecule has 3 heteroatoms.